The highest BCUT2D eigenvalue weighted by Gasteiger charge is 2.19. The molecule has 0 saturated carbocycles. The molecule has 3 aromatic rings. The third-order valence-electron chi connectivity index (χ3n) is 4.96. The summed E-state index contributed by atoms with van der Waals surface area (Å²) in [7, 11) is 0. The normalized spacial score (nSPS) is 13.0. The van der Waals surface area contributed by atoms with Crippen molar-refractivity contribution >= 4 is 11.8 Å². The van der Waals surface area contributed by atoms with Crippen molar-refractivity contribution < 1.29 is 0 Å². The molecule has 1 heterocycles. The minimum Gasteiger partial charge on any atom is -0.279 e. The van der Waals surface area contributed by atoms with Crippen molar-refractivity contribution in [1.82, 2.24) is 14.8 Å². The number of hydrogen-bond donors (Lipinski definition) is 0. The van der Waals surface area contributed by atoms with E-state index in [4.69, 9.17) is 0 Å². The molecule has 0 unspecified atom stereocenters. The highest BCUT2D eigenvalue weighted by Crippen LogP contribution is 2.28. The molecular weight excluding hydrogens is 354 g/mol. The van der Waals surface area contributed by atoms with Gasteiger partial charge in [0.2, 0.25) is 0 Å². The molecule has 0 bridgehead atoms. The van der Waals surface area contributed by atoms with Gasteiger partial charge in [0, 0.05) is 23.2 Å². The van der Waals surface area contributed by atoms with Crippen molar-refractivity contribution in [1.29, 1.82) is 0 Å². The Balaban J connectivity index is 1.83. The molecule has 29 heavy (non-hydrogen) atoms. The van der Waals surface area contributed by atoms with Gasteiger partial charge in [-0.1, -0.05) is 104 Å². The zero-order valence-electron chi connectivity index (χ0n) is 16.3. The third kappa shape index (κ3) is 3.94. The summed E-state index contributed by atoms with van der Waals surface area (Å²) >= 11 is 0. The summed E-state index contributed by atoms with van der Waals surface area (Å²) in [5, 5.41) is 9.09. The summed E-state index contributed by atoms with van der Waals surface area (Å²) in [5.74, 6) is 1.66. The van der Waals surface area contributed by atoms with Gasteiger partial charge in [-0.05, 0) is 17.6 Å². The van der Waals surface area contributed by atoms with Gasteiger partial charge in [0.15, 0.2) is 5.82 Å². The topological polar surface area (TPSA) is 30.7 Å². The lowest BCUT2D eigenvalue weighted by Crippen LogP contribution is -2.07. The van der Waals surface area contributed by atoms with Crippen LogP contribution < -0.4 is 0 Å². The maximum absolute atomic E-state index is 4.55. The quantitative estimate of drug-likeness (QED) is 0.520. The van der Waals surface area contributed by atoms with Crippen LogP contribution in [0.5, 0.6) is 0 Å². The van der Waals surface area contributed by atoms with Gasteiger partial charge in [0.25, 0.3) is 0 Å². The monoisotopic (exact) mass is 377 g/mol. The Bertz CT molecular complexity index is 1130. The van der Waals surface area contributed by atoms with Crippen LogP contribution in [0.3, 0.4) is 0 Å². The number of benzene rings is 2. The number of allylic oxidation sites excluding steroid dienone is 6. The average molecular weight is 377 g/mol. The summed E-state index contributed by atoms with van der Waals surface area (Å²) in [6.45, 7) is 8.38. The minimum atomic E-state index is 0.688. The van der Waals surface area contributed by atoms with E-state index in [0.29, 0.717) is 6.42 Å². The van der Waals surface area contributed by atoms with E-state index < -0.39 is 0 Å². The van der Waals surface area contributed by atoms with E-state index in [1.165, 1.54) is 5.57 Å². The van der Waals surface area contributed by atoms with E-state index in [9.17, 15) is 0 Å². The van der Waals surface area contributed by atoms with Gasteiger partial charge < -0.3 is 0 Å². The van der Waals surface area contributed by atoms with Crippen LogP contribution in [0, 0.1) is 0 Å². The summed E-state index contributed by atoms with van der Waals surface area (Å²) in [6, 6.07) is 18.2. The van der Waals surface area contributed by atoms with Crippen LogP contribution in [0.1, 0.15) is 23.4 Å². The Morgan fingerprint density at radius 3 is 2.62 bits per heavy atom. The molecule has 3 nitrogen and oxygen atoms in total. The lowest BCUT2D eigenvalue weighted by Gasteiger charge is -2.16. The summed E-state index contributed by atoms with van der Waals surface area (Å²) in [4.78, 5) is 0. The summed E-state index contributed by atoms with van der Waals surface area (Å²) in [5.41, 5.74) is 5.13. The molecule has 3 heteroatoms. The van der Waals surface area contributed by atoms with Gasteiger partial charge in [-0.3, -0.25) is 4.57 Å². The van der Waals surface area contributed by atoms with Crippen molar-refractivity contribution in [3.8, 4) is 11.4 Å². The molecule has 0 saturated heterocycles. The maximum atomic E-state index is 4.55. The highest BCUT2D eigenvalue weighted by molar-refractivity contribution is 5.76. The van der Waals surface area contributed by atoms with Crippen molar-refractivity contribution in [3.63, 3.8) is 0 Å². The molecule has 1 aromatic heterocycles. The molecule has 1 aliphatic carbocycles. The molecular formula is C26H23N3. The molecule has 0 fully saturated rings. The van der Waals surface area contributed by atoms with E-state index in [0.717, 1.165) is 40.5 Å². The fourth-order valence-corrected chi connectivity index (χ4v) is 3.48. The minimum absolute atomic E-state index is 0.688. The Kier molecular flexibility index (Phi) is 5.48. The molecule has 0 aliphatic heterocycles. The number of hydrogen-bond acceptors (Lipinski definition) is 2. The van der Waals surface area contributed by atoms with Crippen LogP contribution >= 0.6 is 0 Å². The SMILES string of the molecule is C=Cc1ccccc1C(=C)n1c(CC2=CCC=CC=C2)nnc1-c1ccccc1. The Hall–Kier alpha value is -3.72. The van der Waals surface area contributed by atoms with E-state index in [-0.39, 0.29) is 0 Å². The zero-order valence-corrected chi connectivity index (χ0v) is 16.3. The summed E-state index contributed by atoms with van der Waals surface area (Å²) in [6.07, 6.45) is 14.1. The molecule has 2 aromatic carbocycles. The first-order chi connectivity index (χ1) is 14.3. The van der Waals surface area contributed by atoms with Crippen molar-refractivity contribution in [2.45, 2.75) is 12.8 Å². The number of aromatic nitrogens is 3. The molecule has 0 N–H and O–H groups in total. The first-order valence-electron chi connectivity index (χ1n) is 9.71. The standard InChI is InChI=1S/C26H23N3/c1-3-22-15-11-12-18-24(22)20(2)29-25(19-21-13-7-4-5-8-14-21)27-28-26(29)23-16-9-6-10-17-23/h3-7,9-18H,1-2,8,19H2. The number of rotatable bonds is 6. The van der Waals surface area contributed by atoms with Gasteiger partial charge in [-0.2, -0.15) is 0 Å². The smallest absolute Gasteiger partial charge is 0.168 e. The maximum Gasteiger partial charge on any atom is 0.168 e. The average Bonchev–Trinajstić information content (AvgIpc) is 3.01. The van der Waals surface area contributed by atoms with Crippen LogP contribution in [0.15, 0.2) is 104 Å². The molecule has 4 rings (SSSR count). The van der Waals surface area contributed by atoms with Crippen molar-refractivity contribution in [2.75, 3.05) is 0 Å². The first-order valence-corrected chi connectivity index (χ1v) is 9.71. The fraction of sp³-hybridized carbons (Fsp3) is 0.0769. The lowest BCUT2D eigenvalue weighted by molar-refractivity contribution is 0.918. The molecule has 0 spiro atoms. The van der Waals surface area contributed by atoms with Gasteiger partial charge in [-0.25, -0.2) is 0 Å². The van der Waals surface area contributed by atoms with Crippen LogP contribution in [0.2, 0.25) is 0 Å². The molecule has 0 amide bonds. The largest absolute Gasteiger partial charge is 0.279 e. The van der Waals surface area contributed by atoms with Crippen LogP contribution in [0.4, 0.5) is 0 Å². The summed E-state index contributed by atoms with van der Waals surface area (Å²) < 4.78 is 2.07. The predicted molar refractivity (Wildman–Crippen MR) is 121 cm³/mol. The predicted octanol–water partition coefficient (Wildman–Crippen LogP) is 6.09. The van der Waals surface area contributed by atoms with Gasteiger partial charge >= 0.3 is 0 Å². The van der Waals surface area contributed by atoms with E-state index in [2.05, 4.69) is 64.4 Å². The van der Waals surface area contributed by atoms with E-state index in [1.807, 2.05) is 54.6 Å². The van der Waals surface area contributed by atoms with Gasteiger partial charge in [0.05, 0.1) is 0 Å². The second kappa shape index (κ2) is 8.53. The Morgan fingerprint density at radius 2 is 1.79 bits per heavy atom. The lowest BCUT2D eigenvalue weighted by atomic mass is 10.0. The first kappa shape index (κ1) is 18.6. The Labute approximate surface area is 171 Å². The second-order valence-corrected chi connectivity index (χ2v) is 6.86. The fourth-order valence-electron chi connectivity index (χ4n) is 3.48. The van der Waals surface area contributed by atoms with E-state index >= 15 is 0 Å². The molecule has 0 atom stereocenters. The number of nitrogens with zero attached hydrogens (tertiary/aromatic N) is 3. The zero-order chi connectivity index (χ0) is 20.1. The van der Waals surface area contributed by atoms with Crippen LogP contribution in [-0.2, 0) is 6.42 Å². The second-order valence-electron chi connectivity index (χ2n) is 6.86. The van der Waals surface area contributed by atoms with Crippen molar-refractivity contribution in [3.05, 3.63) is 121 Å². The van der Waals surface area contributed by atoms with Crippen LogP contribution in [0.25, 0.3) is 23.2 Å². The molecule has 0 radical (unpaired) electrons. The van der Waals surface area contributed by atoms with E-state index in [1.54, 1.807) is 0 Å². The highest BCUT2D eigenvalue weighted by atomic mass is 15.3. The third-order valence-corrected chi connectivity index (χ3v) is 4.96. The molecule has 1 aliphatic rings. The Morgan fingerprint density at radius 1 is 1.00 bits per heavy atom. The van der Waals surface area contributed by atoms with Gasteiger partial charge in [0.1, 0.15) is 5.82 Å². The van der Waals surface area contributed by atoms with Gasteiger partial charge in [-0.15, -0.1) is 10.2 Å². The van der Waals surface area contributed by atoms with Crippen LogP contribution in [-0.4, -0.2) is 14.8 Å². The molecule has 142 valence electrons. The van der Waals surface area contributed by atoms with Crippen molar-refractivity contribution in [2.24, 2.45) is 0 Å².